The van der Waals surface area contributed by atoms with Crippen LogP contribution in [0.15, 0.2) is 42.6 Å². The Bertz CT molecular complexity index is 634. The number of hydrogen-bond acceptors (Lipinski definition) is 3. The van der Waals surface area contributed by atoms with Gasteiger partial charge in [0.05, 0.1) is 0 Å². The zero-order chi connectivity index (χ0) is 11.0. The average molecular weight is 247 g/mol. The molecule has 2 aromatic heterocycles. The maximum absolute atomic E-state index is 5.76. The van der Waals surface area contributed by atoms with Crippen LogP contribution < -0.4 is 0 Å². The first-order valence-electron chi connectivity index (χ1n) is 4.80. The van der Waals surface area contributed by atoms with Crippen LogP contribution in [0.4, 0.5) is 0 Å². The van der Waals surface area contributed by atoms with Crippen LogP contribution in [-0.4, -0.2) is 9.97 Å². The summed E-state index contributed by atoms with van der Waals surface area (Å²) in [4.78, 5) is 10.3. The zero-order valence-corrected chi connectivity index (χ0v) is 9.79. The van der Waals surface area contributed by atoms with Gasteiger partial charge in [-0.2, -0.15) is 0 Å². The van der Waals surface area contributed by atoms with Crippen LogP contribution in [0.25, 0.3) is 20.7 Å². The highest BCUT2D eigenvalue weighted by Gasteiger charge is 2.05. The van der Waals surface area contributed by atoms with Crippen LogP contribution in [0.3, 0.4) is 0 Å². The van der Waals surface area contributed by atoms with Crippen molar-refractivity contribution in [2.24, 2.45) is 0 Å². The molecule has 0 N–H and O–H groups in total. The molecule has 0 spiro atoms. The van der Waals surface area contributed by atoms with E-state index in [1.807, 2.05) is 18.2 Å². The summed E-state index contributed by atoms with van der Waals surface area (Å²) < 4.78 is 0. The number of halogens is 1. The average Bonchev–Trinajstić information content (AvgIpc) is 2.73. The van der Waals surface area contributed by atoms with Gasteiger partial charge in [-0.25, -0.2) is 9.97 Å². The Morgan fingerprint density at radius 2 is 1.94 bits per heavy atom. The van der Waals surface area contributed by atoms with Gasteiger partial charge in [0.1, 0.15) is 4.83 Å². The molecule has 0 aliphatic heterocycles. The third-order valence-electron chi connectivity index (χ3n) is 2.30. The lowest BCUT2D eigenvalue weighted by Crippen LogP contribution is -1.77. The third kappa shape index (κ3) is 1.68. The molecule has 0 aliphatic carbocycles. The number of rotatable bonds is 1. The molecule has 1 aromatic carbocycles. The molecule has 2 nitrogen and oxygen atoms in total. The second kappa shape index (κ2) is 3.85. The molecule has 16 heavy (non-hydrogen) atoms. The molecule has 0 radical (unpaired) electrons. The molecule has 3 aromatic rings. The van der Waals surface area contributed by atoms with Gasteiger partial charge in [0.25, 0.3) is 0 Å². The van der Waals surface area contributed by atoms with Crippen molar-refractivity contribution in [2.75, 3.05) is 0 Å². The van der Waals surface area contributed by atoms with E-state index in [2.05, 4.69) is 28.2 Å². The fourth-order valence-electron chi connectivity index (χ4n) is 1.56. The molecule has 3 rings (SSSR count). The summed E-state index contributed by atoms with van der Waals surface area (Å²) in [6.45, 7) is 0. The summed E-state index contributed by atoms with van der Waals surface area (Å²) in [5.41, 5.74) is 1.20. The maximum atomic E-state index is 5.76. The van der Waals surface area contributed by atoms with Crippen LogP contribution in [-0.2, 0) is 0 Å². The summed E-state index contributed by atoms with van der Waals surface area (Å²) in [5.74, 6) is 0. The maximum Gasteiger partial charge on any atom is 0.223 e. The second-order valence-corrected chi connectivity index (χ2v) is 4.74. The van der Waals surface area contributed by atoms with Gasteiger partial charge in [0.2, 0.25) is 5.28 Å². The number of aromatic nitrogens is 2. The van der Waals surface area contributed by atoms with Crippen molar-refractivity contribution < 1.29 is 0 Å². The molecule has 0 saturated heterocycles. The molecule has 0 unspecified atom stereocenters. The van der Waals surface area contributed by atoms with E-state index < -0.39 is 0 Å². The molecular formula is C12H7ClN2S. The first-order valence-corrected chi connectivity index (χ1v) is 6.00. The SMILES string of the molecule is Clc1ncc2cc(-c3ccccc3)sc2n1. The molecule has 0 amide bonds. The second-order valence-electron chi connectivity index (χ2n) is 3.38. The van der Waals surface area contributed by atoms with E-state index in [0.29, 0.717) is 5.28 Å². The quantitative estimate of drug-likeness (QED) is 0.607. The van der Waals surface area contributed by atoms with E-state index in [1.54, 1.807) is 17.5 Å². The lowest BCUT2D eigenvalue weighted by atomic mass is 10.2. The minimum Gasteiger partial charge on any atom is -0.226 e. The summed E-state index contributed by atoms with van der Waals surface area (Å²) in [6.07, 6.45) is 1.76. The highest BCUT2D eigenvalue weighted by molar-refractivity contribution is 7.21. The molecule has 0 aliphatic rings. The van der Waals surface area contributed by atoms with E-state index in [9.17, 15) is 0 Å². The van der Waals surface area contributed by atoms with Crippen LogP contribution in [0, 0.1) is 0 Å². The molecule has 4 heteroatoms. The van der Waals surface area contributed by atoms with E-state index in [0.717, 1.165) is 10.2 Å². The molecule has 0 fully saturated rings. The fraction of sp³-hybridized carbons (Fsp3) is 0. The van der Waals surface area contributed by atoms with Crippen LogP contribution in [0.2, 0.25) is 5.28 Å². The summed E-state index contributed by atoms with van der Waals surface area (Å²) in [7, 11) is 0. The fourth-order valence-corrected chi connectivity index (χ4v) is 2.75. The van der Waals surface area contributed by atoms with E-state index in [4.69, 9.17) is 11.6 Å². The molecule has 0 saturated carbocycles. The van der Waals surface area contributed by atoms with Gasteiger partial charge >= 0.3 is 0 Å². The number of fused-ring (bicyclic) bond motifs is 1. The lowest BCUT2D eigenvalue weighted by Gasteiger charge is -1.93. The minimum atomic E-state index is 0.300. The van der Waals surface area contributed by atoms with Gasteiger partial charge in [0.15, 0.2) is 0 Å². The predicted octanol–water partition coefficient (Wildman–Crippen LogP) is 4.01. The van der Waals surface area contributed by atoms with E-state index in [1.165, 1.54) is 10.4 Å². The van der Waals surface area contributed by atoms with Gasteiger partial charge in [-0.05, 0) is 23.2 Å². The van der Waals surface area contributed by atoms with Crippen LogP contribution in [0.5, 0.6) is 0 Å². The smallest absolute Gasteiger partial charge is 0.223 e. The Morgan fingerprint density at radius 1 is 1.12 bits per heavy atom. The Hall–Kier alpha value is -1.45. The number of benzene rings is 1. The van der Waals surface area contributed by atoms with E-state index in [-0.39, 0.29) is 0 Å². The molecular weight excluding hydrogens is 240 g/mol. The van der Waals surface area contributed by atoms with Gasteiger partial charge in [-0.3, -0.25) is 0 Å². The number of thiophene rings is 1. The lowest BCUT2D eigenvalue weighted by molar-refractivity contribution is 1.23. The molecule has 0 atom stereocenters. The first kappa shape index (κ1) is 9.75. The number of nitrogens with zero attached hydrogens (tertiary/aromatic N) is 2. The van der Waals surface area contributed by atoms with Crippen molar-refractivity contribution in [3.8, 4) is 10.4 Å². The van der Waals surface area contributed by atoms with Crippen molar-refractivity contribution in [3.05, 3.63) is 47.9 Å². The first-order chi connectivity index (χ1) is 7.83. The number of hydrogen-bond donors (Lipinski definition) is 0. The standard InChI is InChI=1S/C12H7ClN2S/c13-12-14-7-9-6-10(16-11(9)15-12)8-4-2-1-3-5-8/h1-7H. The van der Waals surface area contributed by atoms with Gasteiger partial charge in [-0.1, -0.05) is 30.3 Å². The van der Waals surface area contributed by atoms with Gasteiger partial charge in [-0.15, -0.1) is 11.3 Å². The summed E-state index contributed by atoms with van der Waals surface area (Å²) in [6, 6.07) is 12.3. The third-order valence-corrected chi connectivity index (χ3v) is 3.58. The topological polar surface area (TPSA) is 25.8 Å². The van der Waals surface area contributed by atoms with Crippen molar-refractivity contribution in [1.29, 1.82) is 0 Å². The van der Waals surface area contributed by atoms with Crippen LogP contribution >= 0.6 is 22.9 Å². The normalized spacial score (nSPS) is 10.8. The summed E-state index contributed by atoms with van der Waals surface area (Å²) in [5, 5.41) is 1.34. The molecule has 78 valence electrons. The highest BCUT2D eigenvalue weighted by Crippen LogP contribution is 2.32. The summed E-state index contributed by atoms with van der Waals surface area (Å²) >= 11 is 7.39. The van der Waals surface area contributed by atoms with Crippen molar-refractivity contribution in [1.82, 2.24) is 9.97 Å². The van der Waals surface area contributed by atoms with Crippen molar-refractivity contribution in [2.45, 2.75) is 0 Å². The van der Waals surface area contributed by atoms with Gasteiger partial charge in [0, 0.05) is 16.5 Å². The van der Waals surface area contributed by atoms with Crippen molar-refractivity contribution >= 4 is 33.2 Å². The Morgan fingerprint density at radius 3 is 2.75 bits per heavy atom. The minimum absolute atomic E-state index is 0.300. The Balaban J connectivity index is 2.19. The monoisotopic (exact) mass is 246 g/mol. The van der Waals surface area contributed by atoms with Crippen molar-refractivity contribution in [3.63, 3.8) is 0 Å². The van der Waals surface area contributed by atoms with Crippen LogP contribution in [0.1, 0.15) is 0 Å². The molecule has 0 bridgehead atoms. The Labute approximate surface area is 102 Å². The van der Waals surface area contributed by atoms with E-state index >= 15 is 0 Å². The zero-order valence-electron chi connectivity index (χ0n) is 8.22. The largest absolute Gasteiger partial charge is 0.226 e. The Kier molecular flexibility index (Phi) is 2.35. The highest BCUT2D eigenvalue weighted by atomic mass is 35.5. The predicted molar refractivity (Wildman–Crippen MR) is 67.9 cm³/mol. The molecule has 2 heterocycles. The van der Waals surface area contributed by atoms with Gasteiger partial charge < -0.3 is 0 Å².